The molecule has 0 atom stereocenters. The third-order valence-electron chi connectivity index (χ3n) is 5.14. The Kier molecular flexibility index (Phi) is 6.46. The van der Waals surface area contributed by atoms with Gasteiger partial charge in [0, 0.05) is 44.3 Å². The third kappa shape index (κ3) is 4.89. The monoisotopic (exact) mass is 413 g/mol. The van der Waals surface area contributed by atoms with Crippen LogP contribution in [0.4, 0.5) is 0 Å². The smallest absolute Gasteiger partial charge is 0.278 e. The maximum atomic E-state index is 12.0. The molecule has 2 aromatic carbocycles. The minimum atomic E-state index is -3.40. The molecule has 0 aliphatic heterocycles. The second-order valence-electron chi connectivity index (χ2n) is 8.18. The highest BCUT2D eigenvalue weighted by molar-refractivity contribution is 7.87. The summed E-state index contributed by atoms with van der Waals surface area (Å²) in [4.78, 5) is 0. The first-order valence-electron chi connectivity index (χ1n) is 10.0. The Hall–Kier alpha value is -2.15. The minimum absolute atomic E-state index is 0.376. The van der Waals surface area contributed by atoms with Crippen LogP contribution in [0.2, 0.25) is 0 Å². The van der Waals surface area contributed by atoms with Gasteiger partial charge < -0.3 is 4.57 Å². The largest absolute Gasteiger partial charge is 0.347 e. The van der Waals surface area contributed by atoms with E-state index in [9.17, 15) is 8.42 Å². The van der Waals surface area contributed by atoms with Crippen LogP contribution in [-0.2, 0) is 23.2 Å². The summed E-state index contributed by atoms with van der Waals surface area (Å²) < 4.78 is 30.1. The number of aromatic nitrogens is 1. The van der Waals surface area contributed by atoms with Crippen molar-refractivity contribution in [2.75, 3.05) is 20.6 Å². The van der Waals surface area contributed by atoms with Gasteiger partial charge in [0.15, 0.2) is 0 Å². The molecule has 156 valence electrons. The van der Waals surface area contributed by atoms with E-state index in [1.54, 1.807) is 0 Å². The predicted octanol–water partition coefficient (Wildman–Crippen LogP) is 4.21. The lowest BCUT2D eigenvalue weighted by molar-refractivity contribution is 0.506. The van der Waals surface area contributed by atoms with E-state index in [1.165, 1.54) is 51.6 Å². The Balaban J connectivity index is 1.96. The van der Waals surface area contributed by atoms with Gasteiger partial charge in [0.05, 0.1) is 0 Å². The van der Waals surface area contributed by atoms with Gasteiger partial charge in [-0.1, -0.05) is 50.2 Å². The Morgan fingerprint density at radius 3 is 2.48 bits per heavy atom. The standard InChI is InChI=1S/C23H31N3O2S/c1-17(2)15-26-16-20(12-13-24-29(27,28)25(4)5)22-11-10-19(14-23(22)26)21-9-7-6-8-18(21)3/h6-11,14,16-17,24H,12-13,15H2,1-5H3. The molecule has 0 spiro atoms. The number of fused-ring (bicyclic) bond motifs is 1. The topological polar surface area (TPSA) is 54.3 Å². The van der Waals surface area contributed by atoms with Gasteiger partial charge >= 0.3 is 0 Å². The van der Waals surface area contributed by atoms with Gasteiger partial charge in [-0.15, -0.1) is 0 Å². The van der Waals surface area contributed by atoms with Crippen molar-refractivity contribution in [2.24, 2.45) is 5.92 Å². The van der Waals surface area contributed by atoms with Crippen LogP contribution in [0.15, 0.2) is 48.7 Å². The molecule has 0 saturated carbocycles. The maximum Gasteiger partial charge on any atom is 0.278 e. The van der Waals surface area contributed by atoms with Gasteiger partial charge in [0.1, 0.15) is 0 Å². The third-order valence-corrected chi connectivity index (χ3v) is 6.67. The molecule has 0 saturated heterocycles. The lowest BCUT2D eigenvalue weighted by Crippen LogP contribution is -2.36. The van der Waals surface area contributed by atoms with Gasteiger partial charge in [-0.3, -0.25) is 0 Å². The zero-order chi connectivity index (χ0) is 21.2. The molecule has 0 aliphatic carbocycles. The second kappa shape index (κ2) is 8.69. The molecule has 0 fully saturated rings. The molecule has 0 amide bonds. The quantitative estimate of drug-likeness (QED) is 0.601. The van der Waals surface area contributed by atoms with Crippen molar-refractivity contribution < 1.29 is 8.42 Å². The van der Waals surface area contributed by atoms with Crippen molar-refractivity contribution in [1.29, 1.82) is 0 Å². The summed E-state index contributed by atoms with van der Waals surface area (Å²) in [7, 11) is -0.341. The highest BCUT2D eigenvalue weighted by Gasteiger charge is 2.15. The minimum Gasteiger partial charge on any atom is -0.347 e. The Labute approximate surface area is 174 Å². The average molecular weight is 414 g/mol. The van der Waals surface area contributed by atoms with Crippen LogP contribution in [0.1, 0.15) is 25.0 Å². The van der Waals surface area contributed by atoms with Crippen molar-refractivity contribution in [3.05, 3.63) is 59.8 Å². The predicted molar refractivity (Wildman–Crippen MR) is 121 cm³/mol. The molecule has 29 heavy (non-hydrogen) atoms. The summed E-state index contributed by atoms with van der Waals surface area (Å²) in [5.74, 6) is 0.521. The molecule has 1 aromatic heterocycles. The van der Waals surface area contributed by atoms with Crippen molar-refractivity contribution >= 4 is 21.1 Å². The number of benzene rings is 2. The van der Waals surface area contributed by atoms with Crippen molar-refractivity contribution in [2.45, 2.75) is 33.7 Å². The zero-order valence-electron chi connectivity index (χ0n) is 17.9. The Morgan fingerprint density at radius 1 is 1.10 bits per heavy atom. The highest BCUT2D eigenvalue weighted by Crippen LogP contribution is 2.30. The molecule has 3 rings (SSSR count). The Morgan fingerprint density at radius 2 is 1.83 bits per heavy atom. The van der Waals surface area contributed by atoms with Gasteiger partial charge in [0.2, 0.25) is 0 Å². The van der Waals surface area contributed by atoms with E-state index in [4.69, 9.17) is 0 Å². The SMILES string of the molecule is Cc1ccccc1-c1ccc2c(CCNS(=O)(=O)N(C)C)cn(CC(C)C)c2c1. The number of rotatable bonds is 8. The van der Waals surface area contributed by atoms with Crippen LogP contribution < -0.4 is 4.72 Å². The van der Waals surface area contributed by atoms with Crippen molar-refractivity contribution in [1.82, 2.24) is 13.6 Å². The van der Waals surface area contributed by atoms with Crippen LogP contribution in [-0.4, -0.2) is 37.9 Å². The van der Waals surface area contributed by atoms with Crippen LogP contribution in [0.5, 0.6) is 0 Å². The molecular formula is C23H31N3O2S. The summed E-state index contributed by atoms with van der Waals surface area (Å²) in [5, 5.41) is 1.19. The summed E-state index contributed by atoms with van der Waals surface area (Å²) in [6.45, 7) is 7.86. The van der Waals surface area contributed by atoms with E-state index in [0.29, 0.717) is 18.9 Å². The zero-order valence-corrected chi connectivity index (χ0v) is 18.8. The molecule has 3 aromatic rings. The van der Waals surface area contributed by atoms with Crippen molar-refractivity contribution in [3.63, 3.8) is 0 Å². The van der Waals surface area contributed by atoms with Crippen LogP contribution in [0, 0.1) is 12.8 Å². The van der Waals surface area contributed by atoms with Gasteiger partial charge in [-0.2, -0.15) is 12.7 Å². The first-order chi connectivity index (χ1) is 13.7. The number of nitrogens with zero attached hydrogens (tertiary/aromatic N) is 2. The molecule has 0 aliphatic rings. The highest BCUT2D eigenvalue weighted by atomic mass is 32.2. The fourth-order valence-corrected chi connectivity index (χ4v) is 4.24. The van der Waals surface area contributed by atoms with E-state index in [2.05, 4.69) is 78.7 Å². The molecule has 1 heterocycles. The first kappa shape index (κ1) is 21.6. The fourth-order valence-electron chi connectivity index (χ4n) is 3.62. The number of hydrogen-bond acceptors (Lipinski definition) is 2. The maximum absolute atomic E-state index is 12.0. The van der Waals surface area contributed by atoms with E-state index in [1.807, 2.05) is 0 Å². The number of hydrogen-bond donors (Lipinski definition) is 1. The number of aryl methyl sites for hydroxylation is 1. The molecular weight excluding hydrogens is 382 g/mol. The summed E-state index contributed by atoms with van der Waals surface area (Å²) >= 11 is 0. The summed E-state index contributed by atoms with van der Waals surface area (Å²) in [6, 6.07) is 15.0. The molecule has 1 N–H and O–H groups in total. The fraction of sp³-hybridized carbons (Fsp3) is 0.391. The number of nitrogens with one attached hydrogen (secondary N) is 1. The Bertz CT molecular complexity index is 1100. The normalized spacial score (nSPS) is 12.4. The molecule has 0 bridgehead atoms. The van der Waals surface area contributed by atoms with Crippen molar-refractivity contribution in [3.8, 4) is 11.1 Å². The van der Waals surface area contributed by atoms with Gasteiger partial charge in [-0.05, 0) is 47.6 Å². The van der Waals surface area contributed by atoms with E-state index >= 15 is 0 Å². The van der Waals surface area contributed by atoms with Gasteiger partial charge in [-0.25, -0.2) is 4.72 Å². The first-order valence-corrected chi connectivity index (χ1v) is 11.5. The second-order valence-corrected chi connectivity index (χ2v) is 10.1. The molecule has 0 radical (unpaired) electrons. The van der Waals surface area contributed by atoms with E-state index in [0.717, 1.165) is 6.54 Å². The molecule has 6 heteroatoms. The van der Waals surface area contributed by atoms with E-state index in [-0.39, 0.29) is 0 Å². The van der Waals surface area contributed by atoms with E-state index < -0.39 is 10.2 Å². The summed E-state index contributed by atoms with van der Waals surface area (Å²) in [5.41, 5.74) is 6.07. The lowest BCUT2D eigenvalue weighted by atomic mass is 9.99. The lowest BCUT2D eigenvalue weighted by Gasteiger charge is -2.12. The average Bonchev–Trinajstić information content (AvgIpc) is 2.98. The van der Waals surface area contributed by atoms with Gasteiger partial charge in [0.25, 0.3) is 10.2 Å². The molecule has 5 nitrogen and oxygen atoms in total. The van der Waals surface area contributed by atoms with Crippen LogP contribution in [0.25, 0.3) is 22.0 Å². The summed E-state index contributed by atoms with van der Waals surface area (Å²) in [6.07, 6.45) is 2.83. The van der Waals surface area contributed by atoms with Crippen LogP contribution in [0.3, 0.4) is 0 Å². The molecule has 0 unspecified atom stereocenters. The van der Waals surface area contributed by atoms with Crippen LogP contribution >= 0.6 is 0 Å².